The number of aromatic hydroxyl groups is 1. The van der Waals surface area contributed by atoms with Gasteiger partial charge in [-0.05, 0) is 69.2 Å². The van der Waals surface area contributed by atoms with E-state index in [0.717, 1.165) is 35.2 Å². The average Bonchev–Trinajstić information content (AvgIpc) is 3.19. The molecule has 0 fully saturated rings. The highest BCUT2D eigenvalue weighted by molar-refractivity contribution is 9.10. The Labute approximate surface area is 227 Å². The van der Waals surface area contributed by atoms with Gasteiger partial charge in [0.2, 0.25) is 5.75 Å². The van der Waals surface area contributed by atoms with Crippen LogP contribution in [0.25, 0.3) is 11.8 Å². The first-order valence-corrected chi connectivity index (χ1v) is 13.4. The van der Waals surface area contributed by atoms with Crippen LogP contribution in [0.4, 0.5) is 5.69 Å². The number of phenols is 1. The van der Waals surface area contributed by atoms with E-state index in [2.05, 4.69) is 28.1 Å². The van der Waals surface area contributed by atoms with Gasteiger partial charge in [0, 0.05) is 16.7 Å². The summed E-state index contributed by atoms with van der Waals surface area (Å²) in [5, 5.41) is 22.0. The number of nitro benzene ring substituents is 1. The van der Waals surface area contributed by atoms with Crippen LogP contribution >= 0.6 is 38.9 Å². The lowest BCUT2D eigenvalue weighted by Gasteiger charge is -2.31. The molecule has 1 aliphatic carbocycles. The second-order valence-electron chi connectivity index (χ2n) is 8.76. The van der Waals surface area contributed by atoms with E-state index in [1.165, 1.54) is 29.0 Å². The van der Waals surface area contributed by atoms with Crippen molar-refractivity contribution in [1.82, 2.24) is 4.57 Å². The number of nitrogens with zero attached hydrogens (tertiary/aromatic N) is 3. The number of rotatable bonds is 3. The first-order chi connectivity index (χ1) is 17.8. The topological polar surface area (TPSA) is 97.7 Å². The van der Waals surface area contributed by atoms with Crippen LogP contribution < -0.4 is 14.9 Å². The van der Waals surface area contributed by atoms with Gasteiger partial charge < -0.3 is 5.11 Å². The Balaban J connectivity index is 1.63. The Morgan fingerprint density at radius 2 is 1.92 bits per heavy atom. The fourth-order valence-electron chi connectivity index (χ4n) is 4.97. The molecule has 0 bridgehead atoms. The first kappa shape index (κ1) is 23.8. The molecule has 6 rings (SSSR count). The Morgan fingerprint density at radius 1 is 1.16 bits per heavy atom. The summed E-state index contributed by atoms with van der Waals surface area (Å²) < 4.78 is 2.21. The number of fused-ring (bicyclic) bond motifs is 3. The highest BCUT2D eigenvalue weighted by Crippen LogP contribution is 2.42. The van der Waals surface area contributed by atoms with Gasteiger partial charge in [-0.2, -0.15) is 0 Å². The van der Waals surface area contributed by atoms with E-state index in [1.54, 1.807) is 10.6 Å². The van der Waals surface area contributed by atoms with Crippen molar-refractivity contribution in [3.8, 4) is 5.75 Å². The summed E-state index contributed by atoms with van der Waals surface area (Å²) in [6, 6.07) is 18.0. The monoisotopic (exact) mass is 593 g/mol. The molecule has 2 aliphatic rings. The van der Waals surface area contributed by atoms with Crippen LogP contribution in [0.1, 0.15) is 34.7 Å². The maximum Gasteiger partial charge on any atom is 0.312 e. The van der Waals surface area contributed by atoms with E-state index < -0.39 is 22.4 Å². The lowest BCUT2D eigenvalue weighted by molar-refractivity contribution is -0.386. The maximum atomic E-state index is 13.8. The van der Waals surface area contributed by atoms with Gasteiger partial charge in [-0.25, -0.2) is 4.99 Å². The summed E-state index contributed by atoms with van der Waals surface area (Å²) in [5.41, 5.74) is 4.68. The predicted molar refractivity (Wildman–Crippen MR) is 147 cm³/mol. The van der Waals surface area contributed by atoms with Crippen LogP contribution in [-0.2, 0) is 6.42 Å². The minimum atomic E-state index is -0.665. The molecule has 1 aliphatic heterocycles. The third kappa shape index (κ3) is 3.94. The van der Waals surface area contributed by atoms with Crippen molar-refractivity contribution in [2.75, 3.05) is 0 Å². The second-order valence-corrected chi connectivity index (χ2v) is 11.0. The number of benzene rings is 3. The highest BCUT2D eigenvalue weighted by Gasteiger charge is 2.33. The number of hydrogen-bond donors (Lipinski definition) is 1. The summed E-state index contributed by atoms with van der Waals surface area (Å²) in [6.07, 6.45) is 3.16. The van der Waals surface area contributed by atoms with Crippen molar-refractivity contribution in [3.63, 3.8) is 0 Å². The van der Waals surface area contributed by atoms with Gasteiger partial charge in [0.25, 0.3) is 5.56 Å². The van der Waals surface area contributed by atoms with Crippen LogP contribution in [-0.4, -0.2) is 14.6 Å². The molecule has 0 spiro atoms. The zero-order valence-electron chi connectivity index (χ0n) is 19.0. The molecule has 10 heteroatoms. The SMILES string of the molecule is O=c1/c(=C/c2cc(Br)c(O)c([N+](=O)[O-])c2)sc2n1C(c1ccccc1Cl)C1=C(N=2)c2ccccc2CC1. The smallest absolute Gasteiger partial charge is 0.312 e. The normalized spacial score (nSPS) is 16.6. The first-order valence-electron chi connectivity index (χ1n) is 11.4. The molecule has 0 radical (unpaired) electrons. The van der Waals surface area contributed by atoms with Crippen molar-refractivity contribution in [3.05, 3.63) is 128 Å². The van der Waals surface area contributed by atoms with Gasteiger partial charge in [0.15, 0.2) is 4.80 Å². The van der Waals surface area contributed by atoms with Crippen LogP contribution in [0.5, 0.6) is 5.75 Å². The summed E-state index contributed by atoms with van der Waals surface area (Å²) >= 11 is 11.0. The van der Waals surface area contributed by atoms with Gasteiger partial charge in [-0.1, -0.05) is 65.4 Å². The van der Waals surface area contributed by atoms with Crippen molar-refractivity contribution >= 4 is 56.3 Å². The number of hydrogen-bond acceptors (Lipinski definition) is 6. The number of nitro groups is 1. The largest absolute Gasteiger partial charge is 0.501 e. The average molecular weight is 595 g/mol. The second kappa shape index (κ2) is 9.09. The molecule has 7 nitrogen and oxygen atoms in total. The van der Waals surface area contributed by atoms with Gasteiger partial charge in [-0.15, -0.1) is 0 Å². The lowest BCUT2D eigenvalue weighted by Crippen LogP contribution is -2.38. The van der Waals surface area contributed by atoms with Crippen molar-refractivity contribution in [2.24, 2.45) is 4.99 Å². The van der Waals surface area contributed by atoms with Crippen molar-refractivity contribution in [2.45, 2.75) is 18.9 Å². The number of aryl methyl sites for hydroxylation is 1. The molecule has 1 N–H and O–H groups in total. The van der Waals surface area contributed by atoms with E-state index in [1.807, 2.05) is 36.4 Å². The summed E-state index contributed by atoms with van der Waals surface area (Å²) in [6.45, 7) is 0. The Bertz CT molecular complexity index is 1840. The molecule has 0 saturated carbocycles. The Morgan fingerprint density at radius 3 is 2.70 bits per heavy atom. The minimum Gasteiger partial charge on any atom is -0.501 e. The lowest BCUT2D eigenvalue weighted by atomic mass is 9.83. The van der Waals surface area contributed by atoms with Crippen LogP contribution in [0, 0.1) is 10.1 Å². The number of aromatic nitrogens is 1. The molecule has 0 saturated heterocycles. The van der Waals surface area contributed by atoms with Crippen LogP contribution in [0.3, 0.4) is 0 Å². The standard InChI is InChI=1S/C27H17BrClN3O4S/c28-19-11-14(12-21(25(19)33)32(35)36)13-22-26(34)31-24(17-7-3-4-8-20(17)29)18-10-9-15-5-1-2-6-16(15)23(18)30-27(31)37-22/h1-8,11-13,24,33H,9-10H2/b22-13-. The van der Waals surface area contributed by atoms with Gasteiger partial charge in [0.05, 0.1) is 25.7 Å². The minimum absolute atomic E-state index is 0.168. The molecular formula is C27H17BrClN3O4S. The zero-order chi connectivity index (χ0) is 25.8. The van der Waals surface area contributed by atoms with E-state index in [0.29, 0.717) is 19.9 Å². The van der Waals surface area contributed by atoms with Gasteiger partial charge in [-0.3, -0.25) is 19.5 Å². The molecule has 0 amide bonds. The van der Waals surface area contributed by atoms with Gasteiger partial charge >= 0.3 is 5.69 Å². The number of allylic oxidation sites excluding steroid dienone is 1. The fourth-order valence-corrected chi connectivity index (χ4v) is 6.68. The molecule has 1 aromatic heterocycles. The van der Waals surface area contributed by atoms with Crippen LogP contribution in [0.15, 0.2) is 80.5 Å². The summed E-state index contributed by atoms with van der Waals surface area (Å²) in [4.78, 5) is 30.0. The quantitative estimate of drug-likeness (QED) is 0.255. The van der Waals surface area contributed by atoms with E-state index in [9.17, 15) is 20.0 Å². The number of thiazole rings is 1. The molecule has 3 aromatic carbocycles. The molecule has 1 unspecified atom stereocenters. The molecule has 37 heavy (non-hydrogen) atoms. The zero-order valence-corrected chi connectivity index (χ0v) is 22.2. The molecule has 2 heterocycles. The number of halogens is 2. The molecule has 1 atom stereocenters. The molecule has 4 aromatic rings. The predicted octanol–water partition coefficient (Wildman–Crippen LogP) is 5.35. The van der Waals surface area contributed by atoms with Crippen molar-refractivity contribution < 1.29 is 10.0 Å². The highest BCUT2D eigenvalue weighted by atomic mass is 79.9. The maximum absolute atomic E-state index is 13.8. The molecular weight excluding hydrogens is 578 g/mol. The summed E-state index contributed by atoms with van der Waals surface area (Å²) in [5.74, 6) is -0.464. The van der Waals surface area contributed by atoms with Crippen molar-refractivity contribution in [1.29, 1.82) is 0 Å². The Kier molecular flexibility index (Phi) is 5.86. The fraction of sp³-hybridized carbons (Fsp3) is 0.111. The van der Waals surface area contributed by atoms with E-state index >= 15 is 0 Å². The summed E-state index contributed by atoms with van der Waals surface area (Å²) in [7, 11) is 0. The third-order valence-electron chi connectivity index (χ3n) is 6.63. The number of phenolic OH excluding ortho intramolecular Hbond substituents is 1. The Hall–Kier alpha value is -3.53. The van der Waals surface area contributed by atoms with E-state index in [4.69, 9.17) is 16.6 Å². The van der Waals surface area contributed by atoms with Gasteiger partial charge in [0.1, 0.15) is 0 Å². The van der Waals surface area contributed by atoms with Crippen LogP contribution in [0.2, 0.25) is 5.02 Å². The third-order valence-corrected chi connectivity index (χ3v) is 8.56. The van der Waals surface area contributed by atoms with E-state index in [-0.39, 0.29) is 10.0 Å². The molecule has 184 valence electrons.